The van der Waals surface area contributed by atoms with E-state index in [1.54, 1.807) is 6.20 Å². The summed E-state index contributed by atoms with van der Waals surface area (Å²) in [5, 5.41) is 21.5. The summed E-state index contributed by atoms with van der Waals surface area (Å²) in [4.78, 5) is 6.41. The number of piperidine rings is 1. The molecule has 2 rings (SSSR count). The lowest BCUT2D eigenvalue weighted by molar-refractivity contribution is 0.0319. The van der Waals surface area contributed by atoms with Crippen molar-refractivity contribution < 1.29 is 10.3 Å². The van der Waals surface area contributed by atoms with E-state index in [4.69, 9.17) is 10.9 Å². The Balaban J connectivity index is 2.11. The predicted molar refractivity (Wildman–Crippen MR) is 71.8 cm³/mol. The molecular formula is C13H20N4O2. The molecule has 0 saturated carbocycles. The van der Waals surface area contributed by atoms with Crippen molar-refractivity contribution in [2.75, 3.05) is 13.1 Å². The zero-order valence-electron chi connectivity index (χ0n) is 11.0. The van der Waals surface area contributed by atoms with Crippen molar-refractivity contribution >= 4 is 5.84 Å². The van der Waals surface area contributed by atoms with Crippen molar-refractivity contribution in [2.24, 2.45) is 16.8 Å². The van der Waals surface area contributed by atoms with Crippen LogP contribution in [-0.2, 0) is 6.54 Å². The van der Waals surface area contributed by atoms with Gasteiger partial charge in [-0.05, 0) is 24.0 Å². The highest BCUT2D eigenvalue weighted by Gasteiger charge is 2.24. The van der Waals surface area contributed by atoms with Crippen LogP contribution in [0.2, 0.25) is 0 Å². The number of hydrogen-bond acceptors (Lipinski definition) is 5. The Morgan fingerprint density at radius 3 is 3.11 bits per heavy atom. The Bertz CT molecular complexity index is 464. The molecule has 1 fully saturated rings. The van der Waals surface area contributed by atoms with Crippen LogP contribution in [0.4, 0.5) is 0 Å². The highest BCUT2D eigenvalue weighted by atomic mass is 16.4. The molecule has 0 aromatic carbocycles. The molecule has 1 aliphatic rings. The fourth-order valence-electron chi connectivity index (χ4n) is 2.45. The lowest BCUT2D eigenvalue weighted by atomic mass is 9.96. The van der Waals surface area contributed by atoms with Gasteiger partial charge >= 0.3 is 0 Å². The van der Waals surface area contributed by atoms with Crippen molar-refractivity contribution in [1.82, 2.24) is 9.88 Å². The zero-order chi connectivity index (χ0) is 13.8. The lowest BCUT2D eigenvalue weighted by Crippen LogP contribution is -2.41. The van der Waals surface area contributed by atoms with Crippen LogP contribution in [0.5, 0.6) is 0 Å². The van der Waals surface area contributed by atoms with Gasteiger partial charge in [0.05, 0.1) is 6.10 Å². The molecule has 2 atom stereocenters. The number of oxime groups is 1. The second-order valence-electron chi connectivity index (χ2n) is 5.06. The summed E-state index contributed by atoms with van der Waals surface area (Å²) >= 11 is 0. The van der Waals surface area contributed by atoms with Gasteiger partial charge in [-0.25, -0.2) is 0 Å². The first-order valence-corrected chi connectivity index (χ1v) is 6.44. The molecule has 0 bridgehead atoms. The number of amidine groups is 1. The molecule has 0 radical (unpaired) electrons. The first-order chi connectivity index (χ1) is 9.11. The average molecular weight is 264 g/mol. The molecule has 1 aromatic heterocycles. The number of aliphatic hydroxyl groups is 1. The third-order valence-corrected chi connectivity index (χ3v) is 3.58. The average Bonchev–Trinajstić information content (AvgIpc) is 2.43. The van der Waals surface area contributed by atoms with Crippen LogP contribution in [0.15, 0.2) is 23.5 Å². The van der Waals surface area contributed by atoms with Crippen molar-refractivity contribution in [3.8, 4) is 0 Å². The van der Waals surface area contributed by atoms with Crippen molar-refractivity contribution in [3.05, 3.63) is 29.6 Å². The van der Waals surface area contributed by atoms with Crippen LogP contribution in [0.3, 0.4) is 0 Å². The van der Waals surface area contributed by atoms with Gasteiger partial charge in [-0.3, -0.25) is 9.88 Å². The highest BCUT2D eigenvalue weighted by Crippen LogP contribution is 2.19. The molecular weight excluding hydrogens is 244 g/mol. The molecule has 0 aliphatic carbocycles. The maximum absolute atomic E-state index is 9.73. The second-order valence-corrected chi connectivity index (χ2v) is 5.06. The number of pyridine rings is 1. The third kappa shape index (κ3) is 3.21. The lowest BCUT2D eigenvalue weighted by Gasteiger charge is -2.34. The van der Waals surface area contributed by atoms with Crippen molar-refractivity contribution in [1.29, 1.82) is 0 Å². The van der Waals surface area contributed by atoms with Crippen molar-refractivity contribution in [2.45, 2.75) is 26.0 Å². The van der Waals surface area contributed by atoms with Crippen LogP contribution in [0.25, 0.3) is 0 Å². The summed E-state index contributed by atoms with van der Waals surface area (Å²) in [5.41, 5.74) is 7.08. The van der Waals surface area contributed by atoms with Gasteiger partial charge in [-0.15, -0.1) is 0 Å². The highest BCUT2D eigenvalue weighted by molar-refractivity contribution is 5.96. The summed E-state index contributed by atoms with van der Waals surface area (Å²) in [7, 11) is 0. The Labute approximate surface area is 112 Å². The van der Waals surface area contributed by atoms with Crippen LogP contribution in [-0.4, -0.2) is 45.2 Å². The van der Waals surface area contributed by atoms with Crippen LogP contribution in [0.1, 0.15) is 24.6 Å². The van der Waals surface area contributed by atoms with Gasteiger partial charge in [0.2, 0.25) is 0 Å². The fraction of sp³-hybridized carbons (Fsp3) is 0.538. The number of likely N-dealkylation sites (tertiary alicyclic amines) is 1. The molecule has 6 heteroatoms. The summed E-state index contributed by atoms with van der Waals surface area (Å²) in [5.74, 6) is 0.290. The van der Waals surface area contributed by atoms with E-state index >= 15 is 0 Å². The fourth-order valence-corrected chi connectivity index (χ4v) is 2.45. The standard InChI is InChI=1S/C13H20N4O2/c1-9-7-17(6-4-11(9)18)8-10-3-2-5-15-12(10)13(14)16-19/h2-3,5,9,11,18-19H,4,6-8H2,1H3,(H2,14,16). The first-order valence-electron chi connectivity index (χ1n) is 6.44. The SMILES string of the molecule is CC1CN(Cc2cccnc2/C(N)=N/O)CCC1O. The quantitative estimate of drug-likeness (QED) is 0.317. The summed E-state index contributed by atoms with van der Waals surface area (Å²) in [6.07, 6.45) is 2.19. The Morgan fingerprint density at radius 1 is 1.63 bits per heavy atom. The predicted octanol–water partition coefficient (Wildman–Crippen LogP) is 0.379. The molecule has 1 saturated heterocycles. The smallest absolute Gasteiger partial charge is 0.189 e. The summed E-state index contributed by atoms with van der Waals surface area (Å²) < 4.78 is 0. The van der Waals surface area contributed by atoms with E-state index in [1.807, 2.05) is 19.1 Å². The molecule has 2 unspecified atom stereocenters. The van der Waals surface area contributed by atoms with Gasteiger partial charge in [0.1, 0.15) is 5.69 Å². The van der Waals surface area contributed by atoms with E-state index in [-0.39, 0.29) is 17.9 Å². The van der Waals surface area contributed by atoms with E-state index in [0.29, 0.717) is 12.2 Å². The third-order valence-electron chi connectivity index (χ3n) is 3.58. The van der Waals surface area contributed by atoms with E-state index in [9.17, 15) is 5.11 Å². The molecule has 104 valence electrons. The maximum Gasteiger partial charge on any atom is 0.189 e. The normalized spacial score (nSPS) is 25.5. The summed E-state index contributed by atoms with van der Waals surface area (Å²) in [6, 6.07) is 3.77. The number of aromatic nitrogens is 1. The minimum absolute atomic E-state index is 0.0284. The summed E-state index contributed by atoms with van der Waals surface area (Å²) in [6.45, 7) is 4.42. The molecule has 1 aromatic rings. The van der Waals surface area contributed by atoms with Gasteiger partial charge < -0.3 is 16.0 Å². The number of aliphatic hydroxyl groups excluding tert-OH is 1. The van der Waals surface area contributed by atoms with E-state index < -0.39 is 0 Å². The number of nitrogens with zero attached hydrogens (tertiary/aromatic N) is 3. The number of hydrogen-bond donors (Lipinski definition) is 3. The first kappa shape index (κ1) is 13.8. The Morgan fingerprint density at radius 2 is 2.42 bits per heavy atom. The van der Waals surface area contributed by atoms with E-state index in [2.05, 4.69) is 15.0 Å². The molecule has 2 heterocycles. The van der Waals surface area contributed by atoms with Crippen LogP contribution >= 0.6 is 0 Å². The minimum atomic E-state index is -0.214. The Hall–Kier alpha value is -1.66. The molecule has 0 spiro atoms. The largest absolute Gasteiger partial charge is 0.409 e. The number of rotatable bonds is 3. The van der Waals surface area contributed by atoms with Gasteiger partial charge in [0.25, 0.3) is 0 Å². The van der Waals surface area contributed by atoms with Crippen LogP contribution in [0, 0.1) is 5.92 Å². The van der Waals surface area contributed by atoms with E-state index in [0.717, 1.165) is 25.1 Å². The molecule has 6 nitrogen and oxygen atoms in total. The van der Waals surface area contributed by atoms with Crippen LogP contribution < -0.4 is 5.73 Å². The van der Waals surface area contributed by atoms with Gasteiger partial charge in [0, 0.05) is 25.8 Å². The molecule has 0 amide bonds. The minimum Gasteiger partial charge on any atom is -0.409 e. The Kier molecular flexibility index (Phi) is 4.34. The molecule has 1 aliphatic heterocycles. The van der Waals surface area contributed by atoms with Crippen molar-refractivity contribution in [3.63, 3.8) is 0 Å². The topological polar surface area (TPSA) is 95.0 Å². The van der Waals surface area contributed by atoms with Gasteiger partial charge in [0.15, 0.2) is 5.84 Å². The number of nitrogens with two attached hydrogens (primary N) is 1. The molecule has 19 heavy (non-hydrogen) atoms. The van der Waals surface area contributed by atoms with Gasteiger partial charge in [-0.1, -0.05) is 18.1 Å². The monoisotopic (exact) mass is 264 g/mol. The zero-order valence-corrected chi connectivity index (χ0v) is 11.0. The second kappa shape index (κ2) is 5.99. The maximum atomic E-state index is 9.73. The van der Waals surface area contributed by atoms with E-state index in [1.165, 1.54) is 0 Å². The van der Waals surface area contributed by atoms with Gasteiger partial charge in [-0.2, -0.15) is 0 Å². The molecule has 4 N–H and O–H groups in total.